The van der Waals surface area contributed by atoms with Crippen LogP contribution >= 0.6 is 0 Å². The van der Waals surface area contributed by atoms with Gasteiger partial charge >= 0.3 is 0 Å². The van der Waals surface area contributed by atoms with Gasteiger partial charge in [-0.2, -0.15) is 0 Å². The number of fused-ring (bicyclic) bond motifs is 1. The molecule has 0 unspecified atom stereocenters. The van der Waals surface area contributed by atoms with Crippen molar-refractivity contribution in [1.82, 2.24) is 14.5 Å². The zero-order valence-electron chi connectivity index (χ0n) is 17.8. The van der Waals surface area contributed by atoms with Gasteiger partial charge in [-0.3, -0.25) is 4.79 Å². The molecule has 1 aliphatic rings. The number of aromatic nitrogens is 3. The zero-order valence-corrected chi connectivity index (χ0v) is 17.8. The molecule has 0 radical (unpaired) electrons. The number of rotatable bonds is 6. The molecule has 1 fully saturated rings. The van der Waals surface area contributed by atoms with Crippen molar-refractivity contribution in [2.24, 2.45) is 0 Å². The van der Waals surface area contributed by atoms with Gasteiger partial charge in [0.1, 0.15) is 30.0 Å². The van der Waals surface area contributed by atoms with Crippen LogP contribution in [0.5, 0.6) is 0 Å². The lowest BCUT2D eigenvalue weighted by Crippen LogP contribution is -2.30. The van der Waals surface area contributed by atoms with Crippen molar-refractivity contribution >= 4 is 34.6 Å². The number of hydrogen-bond donors (Lipinski definition) is 4. The summed E-state index contributed by atoms with van der Waals surface area (Å²) in [7, 11) is 0. The van der Waals surface area contributed by atoms with E-state index in [-0.39, 0.29) is 0 Å². The fraction of sp³-hybridized carbons (Fsp3) is 0.208. The Hall–Kier alpha value is -3.79. The fourth-order valence-corrected chi connectivity index (χ4v) is 4.12. The Bertz CT molecular complexity index is 1280. The highest BCUT2D eigenvalue weighted by Crippen LogP contribution is 2.39. The van der Waals surface area contributed by atoms with E-state index in [4.69, 9.17) is 4.74 Å². The molecule has 1 saturated heterocycles. The molecular weight excluding hydrogens is 422 g/mol. The normalized spacial score (nSPS) is 22.4. The first-order valence-corrected chi connectivity index (χ1v) is 10.6. The molecule has 0 saturated carbocycles. The van der Waals surface area contributed by atoms with Gasteiger partial charge < -0.3 is 30.2 Å². The summed E-state index contributed by atoms with van der Waals surface area (Å²) >= 11 is 0. The number of carbonyl (C=O) groups excluding carboxylic acids is 1. The topological polar surface area (TPSA) is 122 Å². The lowest BCUT2D eigenvalue weighted by molar-refractivity contribution is -0.105. The Balaban J connectivity index is 1.63. The van der Waals surface area contributed by atoms with E-state index >= 15 is 0 Å². The third-order valence-corrected chi connectivity index (χ3v) is 5.82. The number of nitrogens with zero attached hydrogens (tertiary/aromatic N) is 3. The van der Waals surface area contributed by atoms with Crippen molar-refractivity contribution in [3.05, 3.63) is 67.1 Å². The highest BCUT2D eigenvalue weighted by molar-refractivity contribution is 6.02. The number of amides is 1. The second-order valence-electron chi connectivity index (χ2n) is 7.91. The second kappa shape index (κ2) is 8.62. The summed E-state index contributed by atoms with van der Waals surface area (Å²) in [6, 6.07) is 17.0. The summed E-state index contributed by atoms with van der Waals surface area (Å²) in [5.41, 5.74) is 3.83. The van der Waals surface area contributed by atoms with E-state index in [0.29, 0.717) is 23.6 Å². The van der Waals surface area contributed by atoms with Crippen LogP contribution in [0.2, 0.25) is 0 Å². The lowest BCUT2D eigenvalue weighted by Gasteiger charge is -2.17. The Kier molecular flexibility index (Phi) is 5.51. The molecule has 2 aromatic carbocycles. The molecule has 9 heteroatoms. The summed E-state index contributed by atoms with van der Waals surface area (Å²) in [6.07, 6.45) is 0.554. The molecule has 4 aromatic rings. The predicted octanol–water partition coefficient (Wildman–Crippen LogP) is 3.05. The molecule has 5 rings (SSSR count). The second-order valence-corrected chi connectivity index (χ2v) is 7.91. The van der Waals surface area contributed by atoms with E-state index in [0.717, 1.165) is 22.2 Å². The number of benzene rings is 2. The van der Waals surface area contributed by atoms with Crippen molar-refractivity contribution in [1.29, 1.82) is 0 Å². The molecule has 168 valence electrons. The largest absolute Gasteiger partial charge is 0.388 e. The molecule has 9 nitrogen and oxygen atoms in total. The monoisotopic (exact) mass is 445 g/mol. The number of aliphatic hydroxyl groups is 2. The minimum absolute atomic E-state index is 0.513. The predicted molar refractivity (Wildman–Crippen MR) is 124 cm³/mol. The summed E-state index contributed by atoms with van der Waals surface area (Å²) in [4.78, 5) is 19.6. The van der Waals surface area contributed by atoms with Gasteiger partial charge in [-0.25, -0.2) is 9.97 Å². The molecule has 4 N–H and O–H groups in total. The Labute approximate surface area is 189 Å². The number of hydrogen-bond acceptors (Lipinski definition) is 7. The quantitative estimate of drug-likeness (QED) is 0.337. The van der Waals surface area contributed by atoms with Crippen molar-refractivity contribution in [3.8, 4) is 11.1 Å². The molecule has 2 aromatic heterocycles. The SMILES string of the molecule is C[C@H]1O[C@@H](n2cc(-c3ccccc3)c3c(Nc4ccc(NC=O)cc4)ncnc32)[C@@H](O)[C@H]1O. The Morgan fingerprint density at radius 2 is 1.73 bits per heavy atom. The highest BCUT2D eigenvalue weighted by Gasteiger charge is 2.42. The van der Waals surface area contributed by atoms with Gasteiger partial charge in [-0.05, 0) is 36.8 Å². The smallest absolute Gasteiger partial charge is 0.211 e. The standard InChI is InChI=1S/C24H23N5O4/c1-14-20(31)21(32)24(33-14)29-11-18(15-5-3-2-4-6-15)19-22(25-12-26-23(19)29)28-17-9-7-16(8-10-17)27-13-30/h2-14,20-21,24,31-32H,1H3,(H,27,30)(H,25,26,28)/t14-,20+,21+,24-/m1/s1. The molecule has 1 amide bonds. The van der Waals surface area contributed by atoms with Crippen LogP contribution in [0.15, 0.2) is 67.1 Å². The van der Waals surface area contributed by atoms with E-state index in [2.05, 4.69) is 20.6 Å². The molecule has 0 spiro atoms. The first-order valence-electron chi connectivity index (χ1n) is 10.6. The van der Waals surface area contributed by atoms with Gasteiger partial charge in [0, 0.05) is 23.1 Å². The Morgan fingerprint density at radius 1 is 1.00 bits per heavy atom. The summed E-state index contributed by atoms with van der Waals surface area (Å²) in [5, 5.41) is 27.5. The van der Waals surface area contributed by atoms with Crippen molar-refractivity contribution in [2.75, 3.05) is 10.6 Å². The van der Waals surface area contributed by atoms with Crippen LogP contribution in [0.25, 0.3) is 22.2 Å². The molecule has 4 atom stereocenters. The number of nitrogens with one attached hydrogen (secondary N) is 2. The van der Waals surface area contributed by atoms with Gasteiger partial charge in [-0.1, -0.05) is 30.3 Å². The minimum Gasteiger partial charge on any atom is -0.388 e. The average molecular weight is 445 g/mol. The van der Waals surface area contributed by atoms with E-state index in [9.17, 15) is 15.0 Å². The summed E-state index contributed by atoms with van der Waals surface area (Å²) < 4.78 is 7.62. The van der Waals surface area contributed by atoms with Gasteiger partial charge in [0.05, 0.1) is 11.5 Å². The van der Waals surface area contributed by atoms with E-state index < -0.39 is 24.5 Å². The first kappa shape index (κ1) is 21.1. The minimum atomic E-state index is -1.09. The maximum Gasteiger partial charge on any atom is 0.211 e. The summed E-state index contributed by atoms with van der Waals surface area (Å²) in [6.45, 7) is 1.72. The maximum atomic E-state index is 10.7. The molecular formula is C24H23N5O4. The van der Waals surface area contributed by atoms with Crippen molar-refractivity contribution in [2.45, 2.75) is 31.5 Å². The van der Waals surface area contributed by atoms with Crippen LogP contribution in [0.4, 0.5) is 17.2 Å². The molecule has 1 aliphatic heterocycles. The highest BCUT2D eigenvalue weighted by atomic mass is 16.6. The number of carbonyl (C=O) groups is 1. The number of aliphatic hydroxyl groups excluding tert-OH is 2. The average Bonchev–Trinajstić information content (AvgIpc) is 3.35. The molecule has 3 heterocycles. The molecule has 0 bridgehead atoms. The fourth-order valence-electron chi connectivity index (χ4n) is 4.12. The van der Waals surface area contributed by atoms with Crippen LogP contribution in [-0.4, -0.2) is 49.5 Å². The van der Waals surface area contributed by atoms with Gasteiger partial charge in [0.2, 0.25) is 6.41 Å². The van der Waals surface area contributed by atoms with E-state index in [1.165, 1.54) is 6.33 Å². The van der Waals surface area contributed by atoms with Crippen LogP contribution in [-0.2, 0) is 9.53 Å². The Morgan fingerprint density at radius 3 is 2.39 bits per heavy atom. The first-order chi connectivity index (χ1) is 16.1. The molecule has 0 aliphatic carbocycles. The van der Waals surface area contributed by atoms with Crippen LogP contribution in [0, 0.1) is 0 Å². The van der Waals surface area contributed by atoms with Gasteiger partial charge in [0.15, 0.2) is 6.23 Å². The van der Waals surface area contributed by atoms with Crippen molar-refractivity contribution in [3.63, 3.8) is 0 Å². The van der Waals surface area contributed by atoms with Gasteiger partial charge in [-0.15, -0.1) is 0 Å². The lowest BCUT2D eigenvalue weighted by atomic mass is 10.1. The third kappa shape index (κ3) is 3.82. The van der Waals surface area contributed by atoms with E-state index in [1.54, 1.807) is 23.6 Å². The maximum absolute atomic E-state index is 10.7. The molecule has 33 heavy (non-hydrogen) atoms. The van der Waals surface area contributed by atoms with Crippen LogP contribution < -0.4 is 10.6 Å². The van der Waals surface area contributed by atoms with Crippen LogP contribution in [0.1, 0.15) is 13.2 Å². The summed E-state index contributed by atoms with van der Waals surface area (Å²) in [5.74, 6) is 0.579. The zero-order chi connectivity index (χ0) is 22.9. The third-order valence-electron chi connectivity index (χ3n) is 5.82. The number of ether oxygens (including phenoxy) is 1. The van der Waals surface area contributed by atoms with Gasteiger partial charge in [0.25, 0.3) is 0 Å². The van der Waals surface area contributed by atoms with Crippen molar-refractivity contribution < 1.29 is 19.7 Å². The van der Waals surface area contributed by atoms with Crippen LogP contribution in [0.3, 0.4) is 0 Å². The number of anilines is 3. The van der Waals surface area contributed by atoms with E-state index in [1.807, 2.05) is 48.7 Å².